The summed E-state index contributed by atoms with van der Waals surface area (Å²) in [5, 5.41) is 12.0. The van der Waals surface area contributed by atoms with Gasteiger partial charge in [-0.25, -0.2) is 4.39 Å². The Morgan fingerprint density at radius 1 is 1.18 bits per heavy atom. The molecule has 0 spiro atoms. The Bertz CT molecular complexity index is 624. The Hall–Kier alpha value is -2.17. The molecule has 1 amide bonds. The smallest absolute Gasteiger partial charge is 0.307 e. The monoisotopic (exact) mass is 305 g/mol. The molecular formula is C17H20FNO3. The van der Waals surface area contributed by atoms with Gasteiger partial charge in [0, 0.05) is 12.1 Å². The molecule has 0 fully saturated rings. The minimum atomic E-state index is -0.960. The molecule has 0 unspecified atom stereocenters. The first kappa shape index (κ1) is 16.2. The molecule has 0 aromatic heterocycles. The Morgan fingerprint density at radius 2 is 1.77 bits per heavy atom. The lowest BCUT2D eigenvalue weighted by Gasteiger charge is -2.29. The van der Waals surface area contributed by atoms with Gasteiger partial charge in [-0.2, -0.15) is 0 Å². The van der Waals surface area contributed by atoms with Gasteiger partial charge in [-0.1, -0.05) is 29.3 Å². The van der Waals surface area contributed by atoms with E-state index in [2.05, 4.69) is 5.32 Å². The van der Waals surface area contributed by atoms with Crippen LogP contribution in [-0.2, 0) is 16.1 Å². The van der Waals surface area contributed by atoms with Gasteiger partial charge in [0.15, 0.2) is 0 Å². The molecule has 1 aromatic carbocycles. The lowest BCUT2D eigenvalue weighted by atomic mass is 9.76. The number of hydrogen-bond acceptors (Lipinski definition) is 2. The molecule has 1 aliphatic rings. The SMILES string of the molecule is CC1=C(C)C[C@@H](C(=O)O)[C@@H](C(=O)NCc2ccccc2F)C1. The summed E-state index contributed by atoms with van der Waals surface area (Å²) in [5.74, 6) is -2.99. The van der Waals surface area contributed by atoms with Crippen LogP contribution in [0.3, 0.4) is 0 Å². The van der Waals surface area contributed by atoms with Crippen molar-refractivity contribution in [3.63, 3.8) is 0 Å². The zero-order valence-corrected chi connectivity index (χ0v) is 12.7. The van der Waals surface area contributed by atoms with Gasteiger partial charge in [0.05, 0.1) is 11.8 Å². The van der Waals surface area contributed by atoms with Crippen LogP contribution in [-0.4, -0.2) is 17.0 Å². The fraction of sp³-hybridized carbons (Fsp3) is 0.412. The lowest BCUT2D eigenvalue weighted by Crippen LogP contribution is -2.39. The Morgan fingerprint density at radius 3 is 2.36 bits per heavy atom. The van der Waals surface area contributed by atoms with Crippen LogP contribution in [0, 0.1) is 17.7 Å². The van der Waals surface area contributed by atoms with E-state index in [9.17, 15) is 19.1 Å². The average molecular weight is 305 g/mol. The van der Waals surface area contributed by atoms with Crippen molar-refractivity contribution in [1.82, 2.24) is 5.32 Å². The van der Waals surface area contributed by atoms with E-state index in [1.165, 1.54) is 6.07 Å². The topological polar surface area (TPSA) is 66.4 Å². The van der Waals surface area contributed by atoms with E-state index >= 15 is 0 Å². The second kappa shape index (κ2) is 6.73. The van der Waals surface area contributed by atoms with Crippen LogP contribution in [0.2, 0.25) is 0 Å². The number of halogens is 1. The summed E-state index contributed by atoms with van der Waals surface area (Å²) in [6.07, 6.45) is 0.824. The van der Waals surface area contributed by atoms with Crippen LogP contribution >= 0.6 is 0 Å². The molecule has 1 aromatic rings. The highest BCUT2D eigenvalue weighted by molar-refractivity contribution is 5.85. The maximum atomic E-state index is 13.5. The molecule has 0 bridgehead atoms. The van der Waals surface area contributed by atoms with Gasteiger partial charge in [0.2, 0.25) is 5.91 Å². The summed E-state index contributed by atoms with van der Waals surface area (Å²) >= 11 is 0. The molecule has 0 saturated heterocycles. The minimum absolute atomic E-state index is 0.0656. The molecule has 2 rings (SSSR count). The van der Waals surface area contributed by atoms with Gasteiger partial charge < -0.3 is 10.4 Å². The Kier molecular flexibility index (Phi) is 4.96. The number of benzene rings is 1. The van der Waals surface area contributed by atoms with Crippen molar-refractivity contribution in [2.45, 2.75) is 33.2 Å². The number of rotatable bonds is 4. The van der Waals surface area contributed by atoms with E-state index in [1.54, 1.807) is 18.2 Å². The number of carboxylic acids is 1. The summed E-state index contributed by atoms with van der Waals surface area (Å²) < 4.78 is 13.5. The number of carboxylic acid groups (broad SMARTS) is 1. The zero-order chi connectivity index (χ0) is 16.3. The highest BCUT2D eigenvalue weighted by Gasteiger charge is 2.37. The molecule has 2 atom stereocenters. The van der Waals surface area contributed by atoms with Crippen molar-refractivity contribution in [3.05, 3.63) is 46.8 Å². The normalized spacial score (nSPS) is 21.6. The summed E-state index contributed by atoms with van der Waals surface area (Å²) in [7, 11) is 0. The quantitative estimate of drug-likeness (QED) is 0.841. The summed E-state index contributed by atoms with van der Waals surface area (Å²) in [6, 6.07) is 6.21. The number of carbonyl (C=O) groups is 2. The molecule has 22 heavy (non-hydrogen) atoms. The number of amides is 1. The van der Waals surface area contributed by atoms with Crippen molar-refractivity contribution in [2.24, 2.45) is 11.8 Å². The third kappa shape index (κ3) is 3.53. The van der Waals surface area contributed by atoms with Crippen LogP contribution in [0.1, 0.15) is 32.3 Å². The molecule has 0 heterocycles. The second-order valence-corrected chi connectivity index (χ2v) is 5.83. The van der Waals surface area contributed by atoms with Crippen LogP contribution in [0.4, 0.5) is 4.39 Å². The number of aliphatic carboxylic acids is 1. The average Bonchev–Trinajstić information content (AvgIpc) is 2.48. The van der Waals surface area contributed by atoms with Crippen molar-refractivity contribution in [3.8, 4) is 0 Å². The van der Waals surface area contributed by atoms with Gasteiger partial charge in [-0.05, 0) is 32.8 Å². The van der Waals surface area contributed by atoms with Gasteiger partial charge in [-0.3, -0.25) is 9.59 Å². The van der Waals surface area contributed by atoms with Gasteiger partial charge >= 0.3 is 5.97 Å². The fourth-order valence-electron chi connectivity index (χ4n) is 2.78. The third-order valence-electron chi connectivity index (χ3n) is 4.33. The van der Waals surface area contributed by atoms with Crippen molar-refractivity contribution >= 4 is 11.9 Å². The van der Waals surface area contributed by atoms with Crippen LogP contribution in [0.5, 0.6) is 0 Å². The summed E-state index contributed by atoms with van der Waals surface area (Å²) in [5.41, 5.74) is 2.48. The first-order valence-electron chi connectivity index (χ1n) is 7.29. The van der Waals surface area contributed by atoms with E-state index in [0.717, 1.165) is 11.1 Å². The highest BCUT2D eigenvalue weighted by Crippen LogP contribution is 2.34. The van der Waals surface area contributed by atoms with E-state index in [1.807, 2.05) is 13.8 Å². The summed E-state index contributed by atoms with van der Waals surface area (Å²) in [4.78, 5) is 23.7. The van der Waals surface area contributed by atoms with Gasteiger partial charge in [0.1, 0.15) is 5.82 Å². The largest absolute Gasteiger partial charge is 0.481 e. The molecule has 0 saturated carbocycles. The van der Waals surface area contributed by atoms with Crippen LogP contribution in [0.15, 0.2) is 35.4 Å². The molecule has 118 valence electrons. The third-order valence-corrected chi connectivity index (χ3v) is 4.33. The van der Waals surface area contributed by atoms with Crippen molar-refractivity contribution < 1.29 is 19.1 Å². The number of nitrogens with one attached hydrogen (secondary N) is 1. The molecule has 4 nitrogen and oxygen atoms in total. The van der Waals surface area contributed by atoms with Crippen LogP contribution < -0.4 is 5.32 Å². The van der Waals surface area contributed by atoms with E-state index < -0.39 is 17.8 Å². The predicted octanol–water partition coefficient (Wildman–Crippen LogP) is 2.89. The zero-order valence-electron chi connectivity index (χ0n) is 12.7. The number of hydrogen-bond donors (Lipinski definition) is 2. The fourth-order valence-corrected chi connectivity index (χ4v) is 2.78. The maximum Gasteiger partial charge on any atom is 0.307 e. The predicted molar refractivity (Wildman–Crippen MR) is 80.5 cm³/mol. The number of allylic oxidation sites excluding steroid dienone is 2. The van der Waals surface area contributed by atoms with Crippen molar-refractivity contribution in [1.29, 1.82) is 0 Å². The highest BCUT2D eigenvalue weighted by atomic mass is 19.1. The lowest BCUT2D eigenvalue weighted by molar-refractivity contribution is -0.147. The molecule has 0 radical (unpaired) electrons. The molecule has 0 aliphatic heterocycles. The van der Waals surface area contributed by atoms with Crippen molar-refractivity contribution in [2.75, 3.05) is 0 Å². The molecule has 5 heteroatoms. The maximum absolute atomic E-state index is 13.5. The first-order chi connectivity index (χ1) is 10.4. The Balaban J connectivity index is 2.07. The van der Waals surface area contributed by atoms with E-state index in [0.29, 0.717) is 18.4 Å². The van der Waals surface area contributed by atoms with E-state index in [-0.39, 0.29) is 18.3 Å². The molecule has 1 aliphatic carbocycles. The minimum Gasteiger partial charge on any atom is -0.481 e. The summed E-state index contributed by atoms with van der Waals surface area (Å²) in [6.45, 7) is 3.89. The first-order valence-corrected chi connectivity index (χ1v) is 7.29. The van der Waals surface area contributed by atoms with Gasteiger partial charge in [0.25, 0.3) is 0 Å². The van der Waals surface area contributed by atoms with Gasteiger partial charge in [-0.15, -0.1) is 0 Å². The Labute approximate surface area is 129 Å². The molecular weight excluding hydrogens is 285 g/mol. The van der Waals surface area contributed by atoms with E-state index in [4.69, 9.17) is 0 Å². The second-order valence-electron chi connectivity index (χ2n) is 5.83. The standard InChI is InChI=1S/C17H20FNO3/c1-10-7-13(14(17(21)22)8-11(10)2)16(20)19-9-12-5-3-4-6-15(12)18/h3-6,13-14H,7-9H2,1-2H3,(H,19,20)(H,21,22)/t13-,14+/m0/s1. The molecule has 2 N–H and O–H groups in total. The number of carbonyl (C=O) groups excluding carboxylic acids is 1. The van der Waals surface area contributed by atoms with Crippen LogP contribution in [0.25, 0.3) is 0 Å².